The number of halogens is 3. The van der Waals surface area contributed by atoms with Gasteiger partial charge < -0.3 is 21.4 Å². The zero-order valence-electron chi connectivity index (χ0n) is 17.9. The lowest BCUT2D eigenvalue weighted by molar-refractivity contribution is -0.137. The van der Waals surface area contributed by atoms with E-state index in [0.29, 0.717) is 18.4 Å². The fourth-order valence-corrected chi connectivity index (χ4v) is 3.78. The number of alkyl halides is 3. The van der Waals surface area contributed by atoms with Gasteiger partial charge in [0.15, 0.2) is 12.2 Å². The molecule has 0 aliphatic rings. The van der Waals surface area contributed by atoms with Crippen molar-refractivity contribution in [2.45, 2.75) is 24.0 Å². The third kappa shape index (κ3) is 7.99. The monoisotopic (exact) mass is 514 g/mol. The first-order valence-corrected chi connectivity index (χ1v) is 11.2. The van der Waals surface area contributed by atoms with E-state index in [4.69, 9.17) is 11.5 Å². The summed E-state index contributed by atoms with van der Waals surface area (Å²) < 4.78 is 66.6. The lowest BCUT2D eigenvalue weighted by Gasteiger charge is -2.12. The molecule has 0 bridgehead atoms. The number of carbonyl (C=O) groups excluding carboxylic acids is 2. The van der Waals surface area contributed by atoms with E-state index in [9.17, 15) is 36.0 Å². The Morgan fingerprint density at radius 2 is 1.89 bits per heavy atom. The summed E-state index contributed by atoms with van der Waals surface area (Å²) >= 11 is 0. The van der Waals surface area contributed by atoms with Crippen molar-refractivity contribution in [3.8, 4) is 0 Å². The van der Waals surface area contributed by atoms with Crippen molar-refractivity contribution < 1.29 is 31.2 Å². The highest BCUT2D eigenvalue weighted by Gasteiger charge is 2.31. The highest BCUT2D eigenvalue weighted by Crippen LogP contribution is 2.30. The van der Waals surface area contributed by atoms with E-state index in [0.717, 1.165) is 22.8 Å². The van der Waals surface area contributed by atoms with Crippen LogP contribution in [0.1, 0.15) is 12.0 Å². The first-order valence-electron chi connectivity index (χ1n) is 9.73. The number of rotatable bonds is 10. The second-order valence-electron chi connectivity index (χ2n) is 6.91. The Morgan fingerprint density at radius 3 is 2.51 bits per heavy atom. The summed E-state index contributed by atoms with van der Waals surface area (Å²) in [6.07, 6.45) is -1.61. The minimum atomic E-state index is -4.77. The molecule has 188 valence electrons. The van der Waals surface area contributed by atoms with E-state index >= 15 is 0 Å². The van der Waals surface area contributed by atoms with Gasteiger partial charge >= 0.3 is 6.18 Å². The summed E-state index contributed by atoms with van der Waals surface area (Å²) in [5.74, 6) is -0.914. The summed E-state index contributed by atoms with van der Waals surface area (Å²) in [6.45, 7) is -0.417. The van der Waals surface area contributed by atoms with E-state index in [1.807, 2.05) is 4.72 Å². The zero-order valence-corrected chi connectivity index (χ0v) is 18.8. The van der Waals surface area contributed by atoms with Crippen LogP contribution in [-0.2, 0) is 32.3 Å². The number of sulfonamides is 1. The van der Waals surface area contributed by atoms with Crippen molar-refractivity contribution in [2.75, 3.05) is 11.3 Å². The SMILES string of the molecule is NC(N)=NCC/C=C(\C=O)NC(=O)Cn1cccc(NS(=O)(=O)c2cccc(C(F)(F)F)c2)c1=O. The summed E-state index contributed by atoms with van der Waals surface area (Å²) in [6, 6.07) is 5.33. The van der Waals surface area contributed by atoms with Crippen molar-refractivity contribution in [3.05, 3.63) is 70.3 Å². The van der Waals surface area contributed by atoms with Crippen LogP contribution < -0.4 is 27.1 Å². The van der Waals surface area contributed by atoms with Crippen LogP contribution in [-0.4, -0.2) is 37.7 Å². The molecule has 0 aliphatic carbocycles. The summed E-state index contributed by atoms with van der Waals surface area (Å²) in [5.41, 5.74) is 7.63. The van der Waals surface area contributed by atoms with Crippen LogP contribution in [0, 0.1) is 0 Å². The van der Waals surface area contributed by atoms with E-state index in [1.54, 1.807) is 0 Å². The number of carbonyl (C=O) groups is 2. The topological polar surface area (TPSA) is 179 Å². The first-order chi connectivity index (χ1) is 16.3. The molecule has 11 nitrogen and oxygen atoms in total. The van der Waals surface area contributed by atoms with Gasteiger partial charge in [-0.05, 0) is 36.8 Å². The first kappa shape index (κ1) is 27.1. The van der Waals surface area contributed by atoms with Crippen LogP contribution in [0.5, 0.6) is 0 Å². The van der Waals surface area contributed by atoms with Crippen LogP contribution in [0.25, 0.3) is 0 Å². The van der Waals surface area contributed by atoms with Gasteiger partial charge in [0.1, 0.15) is 12.2 Å². The van der Waals surface area contributed by atoms with Gasteiger partial charge in [-0.25, -0.2) is 8.42 Å². The molecule has 35 heavy (non-hydrogen) atoms. The zero-order chi connectivity index (χ0) is 26.2. The van der Waals surface area contributed by atoms with E-state index in [-0.39, 0.29) is 24.6 Å². The molecule has 0 spiro atoms. The number of guanidine groups is 1. The van der Waals surface area contributed by atoms with Crippen LogP contribution in [0.3, 0.4) is 0 Å². The standard InChI is InChI=1S/C20H21F3N6O5S/c21-20(22,23)13-4-1-6-15(10-13)35(33,34)28-16-7-3-9-29(18(16)32)11-17(31)27-14(12-30)5-2-8-26-19(24)25/h1,3-7,9-10,12,28H,2,8,11H2,(H,27,31)(H4,24,25,26)/b14-5+. The number of amides is 1. The number of aromatic nitrogens is 1. The molecule has 0 saturated carbocycles. The highest BCUT2D eigenvalue weighted by molar-refractivity contribution is 7.92. The molecule has 15 heteroatoms. The molecule has 0 saturated heterocycles. The maximum Gasteiger partial charge on any atom is 0.416 e. The van der Waals surface area contributed by atoms with Crippen molar-refractivity contribution >= 4 is 33.9 Å². The summed E-state index contributed by atoms with van der Waals surface area (Å²) in [4.78, 5) is 39.0. The molecule has 0 fully saturated rings. The van der Waals surface area contributed by atoms with E-state index < -0.39 is 50.4 Å². The van der Waals surface area contributed by atoms with Gasteiger partial charge in [0.2, 0.25) is 5.91 Å². The summed E-state index contributed by atoms with van der Waals surface area (Å²) in [5, 5.41) is 2.28. The van der Waals surface area contributed by atoms with Gasteiger partial charge in [0, 0.05) is 12.7 Å². The van der Waals surface area contributed by atoms with Gasteiger partial charge in [0.25, 0.3) is 15.6 Å². The third-order valence-electron chi connectivity index (χ3n) is 4.25. The molecule has 6 N–H and O–H groups in total. The molecule has 2 rings (SSSR count). The Bertz CT molecular complexity index is 1320. The average Bonchev–Trinajstić information content (AvgIpc) is 2.77. The average molecular weight is 514 g/mol. The van der Waals surface area contributed by atoms with Gasteiger partial charge in [-0.2, -0.15) is 13.2 Å². The maximum atomic E-state index is 12.9. The van der Waals surface area contributed by atoms with Crippen LogP contribution >= 0.6 is 0 Å². The molecule has 0 unspecified atom stereocenters. The van der Waals surface area contributed by atoms with Gasteiger partial charge in [-0.1, -0.05) is 12.1 Å². The van der Waals surface area contributed by atoms with Crippen LogP contribution in [0.4, 0.5) is 18.9 Å². The summed E-state index contributed by atoms with van der Waals surface area (Å²) in [7, 11) is -4.55. The predicted molar refractivity (Wildman–Crippen MR) is 121 cm³/mol. The minimum absolute atomic E-state index is 0.102. The number of anilines is 1. The number of hydrogen-bond acceptors (Lipinski definition) is 6. The predicted octanol–water partition coefficient (Wildman–Crippen LogP) is 0.530. The van der Waals surface area contributed by atoms with Gasteiger partial charge in [-0.15, -0.1) is 0 Å². The van der Waals surface area contributed by atoms with Gasteiger partial charge in [-0.3, -0.25) is 24.1 Å². The molecule has 1 amide bonds. The van der Waals surface area contributed by atoms with E-state index in [1.165, 1.54) is 18.3 Å². The van der Waals surface area contributed by atoms with Gasteiger partial charge in [0.05, 0.1) is 16.2 Å². The number of nitrogens with two attached hydrogens (primary N) is 2. The Kier molecular flexibility index (Phi) is 8.77. The lowest BCUT2D eigenvalue weighted by Crippen LogP contribution is -2.33. The second kappa shape index (κ2) is 11.3. The largest absolute Gasteiger partial charge is 0.416 e. The fourth-order valence-electron chi connectivity index (χ4n) is 2.68. The second-order valence-corrected chi connectivity index (χ2v) is 8.59. The molecule has 1 heterocycles. The number of nitrogens with zero attached hydrogens (tertiary/aromatic N) is 2. The Labute approximate surface area is 197 Å². The third-order valence-corrected chi connectivity index (χ3v) is 5.61. The molecular formula is C20H21F3N6O5S. The van der Waals surface area contributed by atoms with Crippen LogP contribution in [0.2, 0.25) is 0 Å². The molecule has 1 aromatic heterocycles. The molecule has 0 aliphatic heterocycles. The Balaban J connectivity index is 2.17. The fraction of sp³-hybridized carbons (Fsp3) is 0.200. The number of hydrogen-bond donors (Lipinski definition) is 4. The van der Waals surface area contributed by atoms with Crippen molar-refractivity contribution in [1.82, 2.24) is 9.88 Å². The normalized spacial score (nSPS) is 12.0. The van der Waals surface area contributed by atoms with Crippen molar-refractivity contribution in [1.29, 1.82) is 0 Å². The highest BCUT2D eigenvalue weighted by atomic mass is 32.2. The number of allylic oxidation sites excluding steroid dienone is 1. The Hall–Kier alpha value is -4.14. The molecule has 2 aromatic rings. The number of benzene rings is 1. The quantitative estimate of drug-likeness (QED) is 0.117. The molecular weight excluding hydrogens is 493 g/mol. The smallest absolute Gasteiger partial charge is 0.370 e. The van der Waals surface area contributed by atoms with E-state index in [2.05, 4.69) is 10.3 Å². The van der Waals surface area contributed by atoms with Crippen LogP contribution in [0.15, 0.2) is 69.1 Å². The molecule has 0 atom stereocenters. The number of aldehydes is 1. The maximum absolute atomic E-state index is 12.9. The van der Waals surface area contributed by atoms with Crippen molar-refractivity contribution in [3.63, 3.8) is 0 Å². The minimum Gasteiger partial charge on any atom is -0.370 e. The molecule has 0 radical (unpaired) electrons. The number of pyridine rings is 1. The molecule has 1 aromatic carbocycles. The number of nitrogens with one attached hydrogen (secondary N) is 2. The Morgan fingerprint density at radius 1 is 1.17 bits per heavy atom. The van der Waals surface area contributed by atoms with Crippen molar-refractivity contribution in [2.24, 2.45) is 16.5 Å². The lowest BCUT2D eigenvalue weighted by atomic mass is 10.2. The number of aliphatic imine (C=N–C) groups is 1.